The Morgan fingerprint density at radius 2 is 2.10 bits per heavy atom. The minimum absolute atomic E-state index is 0. The predicted molar refractivity (Wildman–Crippen MR) is 113 cm³/mol. The molecule has 1 saturated heterocycles. The summed E-state index contributed by atoms with van der Waals surface area (Å²) in [7, 11) is 0. The molecule has 2 aliphatic heterocycles. The molecule has 1 N–H and O–H groups in total. The zero-order chi connectivity index (χ0) is 20.6. The number of amides is 2. The highest BCUT2D eigenvalue weighted by Crippen LogP contribution is 2.22. The lowest BCUT2D eigenvalue weighted by atomic mass is 9.97. The third kappa shape index (κ3) is 5.49. The minimum Gasteiger partial charge on any atom is -0.339 e. The number of nitrogens with zero attached hydrogens (tertiary/aromatic N) is 5. The fraction of sp³-hybridized carbons (Fsp3) is 0.476. The first-order chi connectivity index (χ1) is 14.2. The summed E-state index contributed by atoms with van der Waals surface area (Å²) in [5.41, 5.74) is 1.89. The molecule has 4 rings (SSSR count). The van der Waals surface area contributed by atoms with Crippen molar-refractivity contribution >= 4 is 23.7 Å². The van der Waals surface area contributed by atoms with Crippen molar-refractivity contribution in [2.75, 3.05) is 18.4 Å². The molecule has 4 heterocycles. The molecule has 2 aliphatic rings. The summed E-state index contributed by atoms with van der Waals surface area (Å²) in [5.74, 6) is 1.19. The average molecular weight is 399 g/mol. The molecule has 0 radical (unpaired) electrons. The fourth-order valence-electron chi connectivity index (χ4n) is 3.57. The van der Waals surface area contributed by atoms with Crippen LogP contribution in [-0.2, 0) is 22.6 Å². The van der Waals surface area contributed by atoms with Crippen LogP contribution in [0.1, 0.15) is 45.7 Å². The summed E-state index contributed by atoms with van der Waals surface area (Å²) in [6.45, 7) is 6.38. The zero-order valence-electron chi connectivity index (χ0n) is 17.0. The van der Waals surface area contributed by atoms with Gasteiger partial charge in [-0.05, 0) is 48.4 Å². The Balaban J connectivity index is 0.00000104. The Kier molecular flexibility index (Phi) is 7.10. The molecule has 8 nitrogen and oxygen atoms in total. The summed E-state index contributed by atoms with van der Waals surface area (Å²) in [6, 6.07) is 1.98. The molecule has 0 unspecified atom stereocenters. The van der Waals surface area contributed by atoms with Crippen molar-refractivity contribution in [2.45, 2.75) is 46.1 Å². The van der Waals surface area contributed by atoms with E-state index in [1.54, 1.807) is 31.0 Å². The molecule has 29 heavy (non-hydrogen) atoms. The lowest BCUT2D eigenvalue weighted by Gasteiger charge is -2.31. The molecule has 2 aromatic rings. The number of carbonyl (C=O) groups excluding carboxylic acids is 2. The number of fused-ring (bicyclic) bond motifs is 1. The molecule has 2 amide bonds. The molecule has 2 aromatic heterocycles. The van der Waals surface area contributed by atoms with Gasteiger partial charge in [0, 0.05) is 39.8 Å². The van der Waals surface area contributed by atoms with Crippen molar-refractivity contribution in [3.63, 3.8) is 0 Å². The second-order valence-electron chi connectivity index (χ2n) is 7.04. The number of piperidine rings is 1. The third-order valence-corrected chi connectivity index (χ3v) is 5.12. The van der Waals surface area contributed by atoms with Crippen LogP contribution in [0.2, 0.25) is 0 Å². The minimum atomic E-state index is 0. The van der Waals surface area contributed by atoms with Gasteiger partial charge in [0.15, 0.2) is 0 Å². The lowest BCUT2D eigenvalue weighted by Crippen LogP contribution is -2.38. The molecular weight excluding hydrogens is 368 g/mol. The van der Waals surface area contributed by atoms with Gasteiger partial charge < -0.3 is 10.2 Å². The Morgan fingerprint density at radius 3 is 2.83 bits per heavy atom. The first-order valence-corrected chi connectivity index (χ1v) is 10.3. The van der Waals surface area contributed by atoms with E-state index in [0.717, 1.165) is 43.6 Å². The lowest BCUT2D eigenvalue weighted by molar-refractivity contribution is -0.127. The van der Waals surface area contributed by atoms with Crippen LogP contribution in [0.5, 0.6) is 0 Å². The van der Waals surface area contributed by atoms with Crippen molar-refractivity contribution in [3.8, 4) is 0 Å². The number of rotatable bonds is 4. The number of hydrogen-bond donors (Lipinski definition) is 1. The van der Waals surface area contributed by atoms with E-state index < -0.39 is 0 Å². The van der Waals surface area contributed by atoms with E-state index in [1.807, 2.05) is 29.5 Å². The van der Waals surface area contributed by atoms with Crippen LogP contribution in [0.15, 0.2) is 31.0 Å². The van der Waals surface area contributed by atoms with E-state index in [0.29, 0.717) is 24.6 Å². The van der Waals surface area contributed by atoms with E-state index >= 15 is 0 Å². The van der Waals surface area contributed by atoms with Crippen molar-refractivity contribution < 1.29 is 11.0 Å². The van der Waals surface area contributed by atoms with Gasteiger partial charge in [-0.3, -0.25) is 14.3 Å². The molecule has 0 atom stereocenters. The van der Waals surface area contributed by atoms with Gasteiger partial charge in [-0.1, -0.05) is 13.8 Å². The molecule has 0 saturated carbocycles. The highest BCUT2D eigenvalue weighted by molar-refractivity contribution is 5.93. The van der Waals surface area contributed by atoms with Gasteiger partial charge in [-0.2, -0.15) is 5.10 Å². The number of aromatic nitrogens is 4. The van der Waals surface area contributed by atoms with Gasteiger partial charge >= 0.3 is 0 Å². The van der Waals surface area contributed by atoms with Crippen LogP contribution >= 0.6 is 0 Å². The second kappa shape index (κ2) is 9.95. The van der Waals surface area contributed by atoms with Crippen molar-refractivity contribution in [2.24, 2.45) is 5.92 Å². The molecular formula is C21H30N6O2. The van der Waals surface area contributed by atoms with Gasteiger partial charge in [-0.25, -0.2) is 9.97 Å². The van der Waals surface area contributed by atoms with Crippen molar-refractivity contribution in [1.82, 2.24) is 24.6 Å². The highest BCUT2D eigenvalue weighted by atomic mass is 16.2. The topological polar surface area (TPSA) is 93.0 Å². The van der Waals surface area contributed by atoms with E-state index in [9.17, 15) is 9.59 Å². The molecule has 1 fully saturated rings. The van der Waals surface area contributed by atoms with Gasteiger partial charge in [0.05, 0.1) is 0 Å². The SMILES string of the molecule is CC.O=C1CCc2cc(/C=C/C(=O)N3CCC(Cn4cncn4)CC3)cnc2N1.[HH]. The second-order valence-corrected chi connectivity index (χ2v) is 7.04. The maximum absolute atomic E-state index is 12.5. The first kappa shape index (κ1) is 20.7. The monoisotopic (exact) mass is 398 g/mol. The molecule has 0 spiro atoms. The van der Waals surface area contributed by atoms with Crippen molar-refractivity contribution in [3.05, 3.63) is 42.1 Å². The van der Waals surface area contributed by atoms with Crippen LogP contribution < -0.4 is 5.32 Å². The quantitative estimate of drug-likeness (QED) is 0.800. The fourth-order valence-corrected chi connectivity index (χ4v) is 3.57. The number of likely N-dealkylation sites (tertiary alicyclic amines) is 1. The zero-order valence-corrected chi connectivity index (χ0v) is 17.0. The number of pyridine rings is 1. The normalized spacial score (nSPS) is 16.8. The largest absolute Gasteiger partial charge is 0.339 e. The summed E-state index contributed by atoms with van der Waals surface area (Å²) in [4.78, 5) is 34.0. The maximum atomic E-state index is 12.5. The van der Waals surface area contributed by atoms with Gasteiger partial charge in [0.25, 0.3) is 0 Å². The maximum Gasteiger partial charge on any atom is 0.246 e. The molecule has 156 valence electrons. The smallest absolute Gasteiger partial charge is 0.246 e. The molecule has 0 aromatic carbocycles. The number of nitrogens with one attached hydrogen (secondary N) is 1. The molecule has 0 bridgehead atoms. The van der Waals surface area contributed by atoms with Gasteiger partial charge in [-0.15, -0.1) is 0 Å². The Hall–Kier alpha value is -3.03. The first-order valence-electron chi connectivity index (χ1n) is 10.3. The summed E-state index contributed by atoms with van der Waals surface area (Å²) in [5, 5.41) is 6.91. The standard InChI is InChI=1S/C19H22N6O2.C2H6.H2/c26-17-3-2-16-9-15(10-21-19(16)23-17)1-4-18(27)24-7-5-14(6-8-24)11-25-13-20-12-22-25;1-2;/h1,4,9-10,12-14H,2-3,5-8,11H2,(H,21,23,26);1-2H3;1H/b4-1+;;. The van der Waals surface area contributed by atoms with Crippen LogP contribution in [0.4, 0.5) is 5.82 Å². The highest BCUT2D eigenvalue weighted by Gasteiger charge is 2.22. The van der Waals surface area contributed by atoms with Crippen LogP contribution in [0, 0.1) is 5.92 Å². The van der Waals surface area contributed by atoms with Crippen molar-refractivity contribution in [1.29, 1.82) is 0 Å². The van der Waals surface area contributed by atoms with Gasteiger partial charge in [0.2, 0.25) is 11.8 Å². The Morgan fingerprint density at radius 1 is 1.31 bits per heavy atom. The Bertz CT molecular complexity index is 860. The van der Waals surface area contributed by atoms with Crippen LogP contribution in [0.3, 0.4) is 0 Å². The van der Waals surface area contributed by atoms with E-state index in [1.165, 1.54) is 0 Å². The van der Waals surface area contributed by atoms with E-state index in [4.69, 9.17) is 0 Å². The number of anilines is 1. The molecule has 8 heteroatoms. The average Bonchev–Trinajstić information content (AvgIpc) is 3.27. The Labute approximate surface area is 172 Å². The predicted octanol–water partition coefficient (Wildman–Crippen LogP) is 2.78. The van der Waals surface area contributed by atoms with Gasteiger partial charge in [0.1, 0.15) is 18.5 Å². The molecule has 0 aliphatic carbocycles. The third-order valence-electron chi connectivity index (χ3n) is 5.12. The number of carbonyl (C=O) groups is 2. The summed E-state index contributed by atoms with van der Waals surface area (Å²) < 4.78 is 1.85. The summed E-state index contributed by atoms with van der Waals surface area (Å²) in [6.07, 6.45) is 11.5. The van der Waals surface area contributed by atoms with E-state index in [2.05, 4.69) is 20.4 Å². The van der Waals surface area contributed by atoms with E-state index in [-0.39, 0.29) is 13.2 Å². The summed E-state index contributed by atoms with van der Waals surface area (Å²) >= 11 is 0. The van der Waals surface area contributed by atoms with Crippen LogP contribution in [-0.4, -0.2) is 49.6 Å². The number of aryl methyl sites for hydroxylation is 1. The number of hydrogen-bond acceptors (Lipinski definition) is 5. The van der Waals surface area contributed by atoms with Crippen LogP contribution in [0.25, 0.3) is 6.08 Å².